The highest BCUT2D eigenvalue weighted by molar-refractivity contribution is 6.14. The number of para-hydroxylation sites is 2. The molecule has 0 atom stereocenters. The van der Waals surface area contributed by atoms with Crippen LogP contribution in [0.25, 0.3) is 0 Å². The predicted molar refractivity (Wildman–Crippen MR) is 112 cm³/mol. The SMILES string of the molecule is CC1(N2C(=O)CC(=O)Nc3ccccc32)CCN(C2CCCCCCC2)CC1. The van der Waals surface area contributed by atoms with Gasteiger partial charge in [-0.15, -0.1) is 0 Å². The maximum atomic E-state index is 13.0. The molecule has 3 aliphatic rings. The van der Waals surface area contributed by atoms with Gasteiger partial charge in [-0.1, -0.05) is 44.2 Å². The summed E-state index contributed by atoms with van der Waals surface area (Å²) in [4.78, 5) is 29.7. The molecule has 4 rings (SSSR count). The third-order valence-corrected chi connectivity index (χ3v) is 6.99. The fraction of sp³-hybridized carbons (Fsp3) is 0.652. The van der Waals surface area contributed by atoms with Gasteiger partial charge in [-0.05, 0) is 44.7 Å². The Kier molecular flexibility index (Phi) is 5.72. The van der Waals surface area contributed by atoms with Crippen LogP contribution < -0.4 is 10.2 Å². The molecule has 1 aromatic carbocycles. The number of rotatable bonds is 2. The summed E-state index contributed by atoms with van der Waals surface area (Å²) in [6.45, 7) is 4.27. The number of carbonyl (C=O) groups excluding carboxylic acids is 2. The summed E-state index contributed by atoms with van der Waals surface area (Å²) < 4.78 is 0. The lowest BCUT2D eigenvalue weighted by atomic mass is 9.85. The van der Waals surface area contributed by atoms with Crippen LogP contribution in [-0.4, -0.2) is 41.4 Å². The second-order valence-corrected chi connectivity index (χ2v) is 9.00. The van der Waals surface area contributed by atoms with E-state index in [-0.39, 0.29) is 23.8 Å². The zero-order valence-electron chi connectivity index (χ0n) is 17.1. The number of likely N-dealkylation sites (tertiary alicyclic amines) is 1. The number of carbonyl (C=O) groups is 2. The van der Waals surface area contributed by atoms with Crippen LogP contribution in [0.5, 0.6) is 0 Å². The summed E-state index contributed by atoms with van der Waals surface area (Å²) in [5.41, 5.74) is 1.36. The average molecular weight is 384 g/mol. The lowest BCUT2D eigenvalue weighted by Crippen LogP contribution is -2.57. The molecule has 152 valence electrons. The van der Waals surface area contributed by atoms with Crippen LogP contribution in [0.1, 0.15) is 71.1 Å². The van der Waals surface area contributed by atoms with E-state index in [1.165, 1.54) is 44.9 Å². The van der Waals surface area contributed by atoms with Gasteiger partial charge in [0.05, 0.1) is 11.4 Å². The van der Waals surface area contributed by atoms with E-state index in [1.807, 2.05) is 29.2 Å². The molecule has 2 amide bonds. The summed E-state index contributed by atoms with van der Waals surface area (Å²) in [5.74, 6) is -0.292. The number of benzene rings is 1. The lowest BCUT2D eigenvalue weighted by molar-refractivity contribution is -0.125. The van der Waals surface area contributed by atoms with Crippen LogP contribution in [0.2, 0.25) is 0 Å². The normalized spacial score (nSPS) is 24.7. The Labute approximate surface area is 168 Å². The standard InChI is InChI=1S/C23H33N3O2/c1-23(13-15-25(16-14-23)18-9-5-3-2-4-6-10-18)26-20-12-8-7-11-19(20)24-21(27)17-22(26)28/h7-8,11-12,18H,2-6,9-10,13-17H2,1H3,(H,24,27). The monoisotopic (exact) mass is 383 g/mol. The van der Waals surface area contributed by atoms with Crippen molar-refractivity contribution in [3.63, 3.8) is 0 Å². The van der Waals surface area contributed by atoms with Crippen molar-refractivity contribution in [2.24, 2.45) is 0 Å². The Bertz CT molecular complexity index is 716. The van der Waals surface area contributed by atoms with E-state index in [0.29, 0.717) is 6.04 Å². The third-order valence-electron chi connectivity index (χ3n) is 6.99. The van der Waals surface area contributed by atoms with Crippen molar-refractivity contribution in [1.29, 1.82) is 0 Å². The molecule has 1 saturated heterocycles. The minimum atomic E-state index is -0.238. The van der Waals surface area contributed by atoms with Crippen LogP contribution in [0, 0.1) is 0 Å². The molecule has 28 heavy (non-hydrogen) atoms. The summed E-state index contributed by atoms with van der Waals surface area (Å²) in [6, 6.07) is 8.42. The van der Waals surface area contributed by atoms with Crippen molar-refractivity contribution in [2.45, 2.75) is 82.7 Å². The van der Waals surface area contributed by atoms with Gasteiger partial charge in [0.15, 0.2) is 0 Å². The molecule has 2 fully saturated rings. The Morgan fingerprint density at radius 3 is 2.32 bits per heavy atom. The van der Waals surface area contributed by atoms with Gasteiger partial charge in [-0.2, -0.15) is 0 Å². The molecule has 0 bridgehead atoms. The molecule has 0 spiro atoms. The largest absolute Gasteiger partial charge is 0.324 e. The van der Waals surface area contributed by atoms with E-state index in [0.717, 1.165) is 37.3 Å². The molecular formula is C23H33N3O2. The van der Waals surface area contributed by atoms with Crippen LogP contribution in [0.3, 0.4) is 0 Å². The fourth-order valence-corrected chi connectivity index (χ4v) is 5.31. The van der Waals surface area contributed by atoms with Crippen molar-refractivity contribution >= 4 is 23.2 Å². The number of anilines is 2. The minimum absolute atomic E-state index is 0.0728. The average Bonchev–Trinajstić information content (AvgIpc) is 2.77. The minimum Gasteiger partial charge on any atom is -0.324 e. The molecule has 5 heteroatoms. The van der Waals surface area contributed by atoms with Gasteiger partial charge in [-0.25, -0.2) is 0 Å². The smallest absolute Gasteiger partial charge is 0.237 e. The summed E-state index contributed by atoms with van der Waals surface area (Å²) in [6.07, 6.45) is 11.3. The molecule has 0 unspecified atom stereocenters. The highest BCUT2D eigenvalue weighted by Crippen LogP contribution is 2.39. The Hall–Kier alpha value is -1.88. The van der Waals surface area contributed by atoms with Gasteiger partial charge in [0.1, 0.15) is 6.42 Å². The van der Waals surface area contributed by atoms with Crippen LogP contribution in [0.15, 0.2) is 24.3 Å². The van der Waals surface area contributed by atoms with Crippen molar-refractivity contribution in [3.05, 3.63) is 24.3 Å². The first-order valence-electron chi connectivity index (χ1n) is 11.0. The molecule has 0 aromatic heterocycles. The summed E-state index contributed by atoms with van der Waals surface area (Å²) in [5, 5.41) is 2.90. The molecular weight excluding hydrogens is 350 g/mol. The molecule has 1 saturated carbocycles. The molecule has 2 heterocycles. The quantitative estimate of drug-likeness (QED) is 0.774. The van der Waals surface area contributed by atoms with Gasteiger partial charge >= 0.3 is 0 Å². The fourth-order valence-electron chi connectivity index (χ4n) is 5.31. The first-order chi connectivity index (χ1) is 13.6. The first-order valence-corrected chi connectivity index (χ1v) is 11.0. The van der Waals surface area contributed by atoms with Gasteiger partial charge < -0.3 is 15.1 Å². The Balaban J connectivity index is 1.51. The van der Waals surface area contributed by atoms with Crippen LogP contribution in [-0.2, 0) is 9.59 Å². The number of nitrogens with zero attached hydrogens (tertiary/aromatic N) is 2. The topological polar surface area (TPSA) is 52.7 Å². The highest BCUT2D eigenvalue weighted by atomic mass is 16.2. The van der Waals surface area contributed by atoms with E-state index in [9.17, 15) is 9.59 Å². The van der Waals surface area contributed by atoms with Gasteiger partial charge in [-0.3, -0.25) is 9.59 Å². The number of piperidine rings is 1. The van der Waals surface area contributed by atoms with E-state index in [4.69, 9.17) is 0 Å². The van der Waals surface area contributed by atoms with Crippen molar-refractivity contribution < 1.29 is 9.59 Å². The highest BCUT2D eigenvalue weighted by Gasteiger charge is 2.42. The number of amides is 2. The summed E-state index contributed by atoms with van der Waals surface area (Å²) in [7, 11) is 0. The number of hydrogen-bond acceptors (Lipinski definition) is 3. The maximum absolute atomic E-state index is 13.0. The molecule has 5 nitrogen and oxygen atoms in total. The van der Waals surface area contributed by atoms with Crippen molar-refractivity contribution in [3.8, 4) is 0 Å². The first kappa shape index (κ1) is 19.4. The second-order valence-electron chi connectivity index (χ2n) is 9.00. The van der Waals surface area contributed by atoms with E-state index >= 15 is 0 Å². The number of fused-ring (bicyclic) bond motifs is 1. The zero-order valence-corrected chi connectivity index (χ0v) is 17.1. The maximum Gasteiger partial charge on any atom is 0.237 e. The Morgan fingerprint density at radius 2 is 1.61 bits per heavy atom. The van der Waals surface area contributed by atoms with Gasteiger partial charge in [0.25, 0.3) is 0 Å². The number of hydrogen-bond donors (Lipinski definition) is 1. The Morgan fingerprint density at radius 1 is 0.964 bits per heavy atom. The zero-order chi connectivity index (χ0) is 19.6. The molecule has 1 aliphatic carbocycles. The number of nitrogens with one attached hydrogen (secondary N) is 1. The summed E-state index contributed by atoms with van der Waals surface area (Å²) >= 11 is 0. The van der Waals surface area contributed by atoms with Crippen LogP contribution >= 0.6 is 0 Å². The van der Waals surface area contributed by atoms with E-state index in [2.05, 4.69) is 17.1 Å². The van der Waals surface area contributed by atoms with Crippen molar-refractivity contribution in [2.75, 3.05) is 23.3 Å². The third kappa shape index (κ3) is 3.95. The van der Waals surface area contributed by atoms with Crippen LogP contribution in [0.4, 0.5) is 11.4 Å². The van der Waals surface area contributed by atoms with Gasteiger partial charge in [0.2, 0.25) is 11.8 Å². The lowest BCUT2D eigenvalue weighted by Gasteiger charge is -2.48. The van der Waals surface area contributed by atoms with Gasteiger partial charge in [0, 0.05) is 24.7 Å². The van der Waals surface area contributed by atoms with Crippen molar-refractivity contribution in [1.82, 2.24) is 4.90 Å². The second kappa shape index (κ2) is 8.24. The molecule has 1 aromatic rings. The molecule has 2 aliphatic heterocycles. The van der Waals surface area contributed by atoms with E-state index in [1.54, 1.807) is 0 Å². The predicted octanol–water partition coefficient (Wildman–Crippen LogP) is 4.33. The molecule has 1 N–H and O–H groups in total. The molecule has 0 radical (unpaired) electrons. The van der Waals surface area contributed by atoms with E-state index < -0.39 is 0 Å².